The molecule has 28 heavy (non-hydrogen) atoms. The number of hydrogen-bond acceptors (Lipinski definition) is 5. The molecule has 0 aliphatic carbocycles. The fraction of sp³-hybridized carbons (Fsp3) is 0.455. The Bertz CT molecular complexity index is 992. The Morgan fingerprint density at radius 2 is 2.11 bits per heavy atom. The molecule has 0 amide bonds. The first-order chi connectivity index (χ1) is 13.6. The molecule has 0 radical (unpaired) electrons. The summed E-state index contributed by atoms with van der Waals surface area (Å²) in [5.41, 5.74) is 3.72. The maximum Gasteiger partial charge on any atom is 0.330 e. The van der Waals surface area contributed by atoms with Gasteiger partial charge in [-0.1, -0.05) is 24.3 Å². The van der Waals surface area contributed by atoms with Gasteiger partial charge in [0.1, 0.15) is 6.04 Å². The number of hydrogen-bond donors (Lipinski definition) is 0. The third-order valence-electron chi connectivity index (χ3n) is 6.71. The largest absolute Gasteiger partial charge is 0.468 e. The van der Waals surface area contributed by atoms with E-state index in [-0.39, 0.29) is 35.9 Å². The lowest BCUT2D eigenvalue weighted by Gasteiger charge is -2.48. The van der Waals surface area contributed by atoms with Crippen molar-refractivity contribution in [2.75, 3.05) is 20.3 Å². The summed E-state index contributed by atoms with van der Waals surface area (Å²) in [5, 5.41) is 1.21. The standard InChI is InChI=1S/C22H24N2O4/c1-23-17-6-4-3-5-15(17)16-10-19(22(26)27-2)24-11-14-12-28-20(25)8-7-13(14)9-18(24)21(16)23/h3-8,13-14,18-19H,9-12H2,1-2H3. The van der Waals surface area contributed by atoms with Gasteiger partial charge in [0.15, 0.2) is 0 Å². The molecule has 4 heterocycles. The average molecular weight is 380 g/mol. The van der Waals surface area contributed by atoms with Crippen molar-refractivity contribution in [1.82, 2.24) is 9.47 Å². The number of cyclic esters (lactones) is 1. The second kappa shape index (κ2) is 6.48. The van der Waals surface area contributed by atoms with Gasteiger partial charge in [0.05, 0.1) is 19.8 Å². The van der Waals surface area contributed by atoms with Gasteiger partial charge in [-0.2, -0.15) is 0 Å². The van der Waals surface area contributed by atoms with E-state index in [1.165, 1.54) is 29.3 Å². The van der Waals surface area contributed by atoms with E-state index < -0.39 is 0 Å². The van der Waals surface area contributed by atoms with Crippen LogP contribution in [0, 0.1) is 11.8 Å². The summed E-state index contributed by atoms with van der Waals surface area (Å²) < 4.78 is 12.8. The summed E-state index contributed by atoms with van der Waals surface area (Å²) in [6.07, 6.45) is 5.07. The number of fused-ring (bicyclic) bond motifs is 6. The van der Waals surface area contributed by atoms with Crippen LogP contribution in [0.15, 0.2) is 36.4 Å². The molecule has 1 saturated heterocycles. The third-order valence-corrected chi connectivity index (χ3v) is 6.71. The highest BCUT2D eigenvalue weighted by atomic mass is 16.5. The predicted octanol–water partition coefficient (Wildman–Crippen LogP) is 2.37. The highest BCUT2D eigenvalue weighted by Gasteiger charge is 2.47. The number of allylic oxidation sites excluding steroid dienone is 1. The Hall–Kier alpha value is -2.60. The zero-order valence-corrected chi connectivity index (χ0v) is 16.1. The number of methoxy groups -OCH3 is 1. The minimum atomic E-state index is -0.308. The van der Waals surface area contributed by atoms with E-state index in [0.29, 0.717) is 19.6 Å². The topological polar surface area (TPSA) is 60.8 Å². The Kier molecular flexibility index (Phi) is 4.05. The van der Waals surface area contributed by atoms with Gasteiger partial charge in [-0.25, -0.2) is 4.79 Å². The lowest BCUT2D eigenvalue weighted by atomic mass is 9.77. The van der Waals surface area contributed by atoms with E-state index in [2.05, 4.69) is 40.8 Å². The number of ether oxygens (including phenoxy) is 2. The highest BCUT2D eigenvalue weighted by Crippen LogP contribution is 2.46. The van der Waals surface area contributed by atoms with Crippen molar-refractivity contribution in [1.29, 1.82) is 0 Å². The van der Waals surface area contributed by atoms with Gasteiger partial charge in [0.2, 0.25) is 0 Å². The van der Waals surface area contributed by atoms with Crippen molar-refractivity contribution in [2.24, 2.45) is 18.9 Å². The second-order valence-corrected chi connectivity index (χ2v) is 8.04. The van der Waals surface area contributed by atoms with E-state index in [9.17, 15) is 9.59 Å². The Morgan fingerprint density at radius 3 is 2.93 bits per heavy atom. The fourth-order valence-corrected chi connectivity index (χ4v) is 5.38. The van der Waals surface area contributed by atoms with Crippen LogP contribution < -0.4 is 0 Å². The van der Waals surface area contributed by atoms with Gasteiger partial charge < -0.3 is 14.0 Å². The molecule has 1 fully saturated rings. The van der Waals surface area contributed by atoms with Crippen LogP contribution in [0.3, 0.4) is 0 Å². The van der Waals surface area contributed by atoms with E-state index in [0.717, 1.165) is 6.42 Å². The summed E-state index contributed by atoms with van der Waals surface area (Å²) in [5.74, 6) is -0.0114. The summed E-state index contributed by atoms with van der Waals surface area (Å²) in [7, 11) is 3.57. The highest BCUT2D eigenvalue weighted by molar-refractivity contribution is 5.88. The molecule has 3 aliphatic heterocycles. The molecule has 6 heteroatoms. The van der Waals surface area contributed by atoms with Crippen molar-refractivity contribution in [3.63, 3.8) is 0 Å². The van der Waals surface area contributed by atoms with Crippen molar-refractivity contribution in [3.05, 3.63) is 47.7 Å². The number of benzene rings is 1. The van der Waals surface area contributed by atoms with E-state index in [1.54, 1.807) is 6.08 Å². The van der Waals surface area contributed by atoms with Crippen LogP contribution in [0.25, 0.3) is 10.9 Å². The Morgan fingerprint density at radius 1 is 1.29 bits per heavy atom. The number of aryl methyl sites for hydroxylation is 1. The summed E-state index contributed by atoms with van der Waals surface area (Å²) in [6, 6.07) is 8.19. The Labute approximate surface area is 163 Å². The number of esters is 2. The third kappa shape index (κ3) is 2.51. The van der Waals surface area contributed by atoms with Gasteiger partial charge in [0, 0.05) is 48.6 Å². The SMILES string of the molecule is COC(=O)C1Cc2c(n(C)c3ccccc23)C2CC3C=CC(=O)OCC3CN12. The van der Waals surface area contributed by atoms with Crippen molar-refractivity contribution in [3.8, 4) is 0 Å². The van der Waals surface area contributed by atoms with E-state index >= 15 is 0 Å². The van der Waals surface area contributed by atoms with Crippen LogP contribution in [0.1, 0.15) is 23.7 Å². The summed E-state index contributed by atoms with van der Waals surface area (Å²) >= 11 is 0. The Balaban J connectivity index is 1.64. The van der Waals surface area contributed by atoms with Gasteiger partial charge >= 0.3 is 11.9 Å². The van der Waals surface area contributed by atoms with Crippen LogP contribution in [0.2, 0.25) is 0 Å². The molecule has 4 atom stereocenters. The first-order valence-corrected chi connectivity index (χ1v) is 9.83. The monoisotopic (exact) mass is 380 g/mol. The molecular formula is C22H24N2O4. The number of rotatable bonds is 1. The first kappa shape index (κ1) is 17.5. The minimum Gasteiger partial charge on any atom is -0.468 e. The molecule has 6 nitrogen and oxygen atoms in total. The second-order valence-electron chi connectivity index (χ2n) is 8.04. The van der Waals surface area contributed by atoms with E-state index in [4.69, 9.17) is 9.47 Å². The maximum atomic E-state index is 12.7. The normalized spacial score (nSPS) is 29.4. The van der Waals surface area contributed by atoms with Crippen LogP contribution in [0.5, 0.6) is 0 Å². The smallest absolute Gasteiger partial charge is 0.330 e. The molecule has 0 bridgehead atoms. The number of piperidine rings is 1. The van der Waals surface area contributed by atoms with Gasteiger partial charge in [0.25, 0.3) is 0 Å². The maximum absolute atomic E-state index is 12.7. The molecule has 5 rings (SSSR count). The lowest BCUT2D eigenvalue weighted by Crippen LogP contribution is -2.55. The van der Waals surface area contributed by atoms with E-state index in [1.807, 2.05) is 6.08 Å². The van der Waals surface area contributed by atoms with Crippen LogP contribution in [0.4, 0.5) is 0 Å². The van der Waals surface area contributed by atoms with Crippen LogP contribution in [-0.4, -0.2) is 47.7 Å². The van der Waals surface area contributed by atoms with Crippen molar-refractivity contribution >= 4 is 22.8 Å². The molecule has 4 unspecified atom stereocenters. The zero-order valence-electron chi connectivity index (χ0n) is 16.1. The molecular weight excluding hydrogens is 356 g/mol. The average Bonchev–Trinajstić information content (AvgIpc) is 2.88. The van der Waals surface area contributed by atoms with Crippen molar-refractivity contribution in [2.45, 2.75) is 24.9 Å². The first-order valence-electron chi connectivity index (χ1n) is 9.83. The molecule has 146 valence electrons. The molecule has 3 aliphatic rings. The predicted molar refractivity (Wildman–Crippen MR) is 104 cm³/mol. The zero-order chi connectivity index (χ0) is 19.4. The summed E-state index contributed by atoms with van der Waals surface area (Å²) in [6.45, 7) is 1.11. The van der Waals surface area contributed by atoms with Gasteiger partial charge in [-0.15, -0.1) is 0 Å². The molecule has 0 spiro atoms. The van der Waals surface area contributed by atoms with Crippen LogP contribution >= 0.6 is 0 Å². The number of carbonyl (C=O) groups is 2. The molecule has 2 aromatic rings. The molecule has 0 N–H and O–H groups in total. The molecule has 1 aromatic heterocycles. The van der Waals surface area contributed by atoms with Crippen molar-refractivity contribution < 1.29 is 19.1 Å². The van der Waals surface area contributed by atoms with Gasteiger partial charge in [-0.05, 0) is 24.0 Å². The number of nitrogens with zero attached hydrogens (tertiary/aromatic N) is 2. The quantitative estimate of drug-likeness (QED) is 0.711. The number of carbonyl (C=O) groups excluding carboxylic acids is 2. The van der Waals surface area contributed by atoms with Crippen LogP contribution in [-0.2, 0) is 32.5 Å². The minimum absolute atomic E-state index is 0.115. The summed E-state index contributed by atoms with van der Waals surface area (Å²) in [4.78, 5) is 26.7. The molecule has 0 saturated carbocycles. The number of para-hydroxylation sites is 1. The molecule has 1 aromatic carbocycles. The van der Waals surface area contributed by atoms with Gasteiger partial charge in [-0.3, -0.25) is 9.69 Å². The fourth-order valence-electron chi connectivity index (χ4n) is 5.38. The lowest BCUT2D eigenvalue weighted by molar-refractivity contribution is -0.152. The number of aromatic nitrogens is 1.